The highest BCUT2D eigenvalue weighted by atomic mass is 16.5. The molecule has 0 saturated carbocycles. The fraction of sp³-hybridized carbons (Fsp3) is 0.188. The smallest absolute Gasteiger partial charge is 0.261 e. The molecule has 0 aliphatic heterocycles. The minimum atomic E-state index is -0.327. The minimum Gasteiger partial charge on any atom is -0.477 e. The van der Waals surface area contributed by atoms with Gasteiger partial charge in [0, 0.05) is 17.4 Å². The molecular formula is C16H16N2O3. The van der Waals surface area contributed by atoms with Crippen molar-refractivity contribution in [3.63, 3.8) is 0 Å². The summed E-state index contributed by atoms with van der Waals surface area (Å²) in [4.78, 5) is 27.7. The maximum absolute atomic E-state index is 12.3. The van der Waals surface area contributed by atoms with Crippen LogP contribution in [0.1, 0.15) is 34.6 Å². The Hall–Kier alpha value is -2.69. The first-order chi connectivity index (χ1) is 10.1. The first-order valence-corrected chi connectivity index (χ1v) is 6.62. The van der Waals surface area contributed by atoms with E-state index in [1.54, 1.807) is 42.6 Å². The van der Waals surface area contributed by atoms with Crippen LogP contribution < -0.4 is 10.1 Å². The number of carbonyl (C=O) groups excluding carboxylic acids is 2. The number of pyridine rings is 1. The van der Waals surface area contributed by atoms with E-state index in [0.717, 1.165) is 0 Å². The molecule has 0 aliphatic carbocycles. The van der Waals surface area contributed by atoms with Crippen molar-refractivity contribution in [2.45, 2.75) is 13.8 Å². The molecule has 1 aromatic carbocycles. The fourth-order valence-corrected chi connectivity index (χ4v) is 1.83. The molecule has 2 rings (SSSR count). The monoisotopic (exact) mass is 284 g/mol. The molecule has 0 atom stereocenters. The highest BCUT2D eigenvalue weighted by Gasteiger charge is 2.13. The normalized spacial score (nSPS) is 10.0. The SMILES string of the molecule is CCOc1ncccc1C(=O)Nc1cccc(C(C)=O)c1. The number of anilines is 1. The molecule has 1 amide bonds. The zero-order chi connectivity index (χ0) is 15.2. The number of amides is 1. The first kappa shape index (κ1) is 14.7. The summed E-state index contributed by atoms with van der Waals surface area (Å²) >= 11 is 0. The van der Waals surface area contributed by atoms with Gasteiger partial charge in [0.15, 0.2) is 5.78 Å². The Morgan fingerprint density at radius 2 is 2.05 bits per heavy atom. The highest BCUT2D eigenvalue weighted by Crippen LogP contribution is 2.17. The molecule has 0 saturated heterocycles. The summed E-state index contributed by atoms with van der Waals surface area (Å²) in [5.41, 5.74) is 1.45. The predicted molar refractivity (Wildman–Crippen MR) is 79.8 cm³/mol. The number of hydrogen-bond donors (Lipinski definition) is 1. The summed E-state index contributed by atoms with van der Waals surface area (Å²) in [6.45, 7) is 3.74. The maximum Gasteiger partial charge on any atom is 0.261 e. The molecule has 2 aromatic rings. The van der Waals surface area contributed by atoms with Gasteiger partial charge in [-0.05, 0) is 38.1 Å². The molecule has 0 fully saturated rings. The number of rotatable bonds is 5. The molecule has 0 spiro atoms. The van der Waals surface area contributed by atoms with E-state index in [-0.39, 0.29) is 11.7 Å². The third-order valence-electron chi connectivity index (χ3n) is 2.82. The van der Waals surface area contributed by atoms with Crippen LogP contribution in [0.4, 0.5) is 5.69 Å². The van der Waals surface area contributed by atoms with Crippen LogP contribution in [-0.4, -0.2) is 23.3 Å². The Morgan fingerprint density at radius 3 is 2.76 bits per heavy atom. The molecular weight excluding hydrogens is 268 g/mol. The van der Waals surface area contributed by atoms with E-state index in [0.29, 0.717) is 29.3 Å². The van der Waals surface area contributed by atoms with Crippen LogP contribution in [0.2, 0.25) is 0 Å². The molecule has 5 heteroatoms. The van der Waals surface area contributed by atoms with Crippen molar-refractivity contribution in [1.82, 2.24) is 4.98 Å². The van der Waals surface area contributed by atoms with E-state index >= 15 is 0 Å². The second kappa shape index (κ2) is 6.65. The van der Waals surface area contributed by atoms with Crippen molar-refractivity contribution < 1.29 is 14.3 Å². The fourth-order valence-electron chi connectivity index (χ4n) is 1.83. The van der Waals surface area contributed by atoms with Crippen LogP contribution in [0.3, 0.4) is 0 Å². The number of nitrogens with zero attached hydrogens (tertiary/aromatic N) is 1. The van der Waals surface area contributed by atoms with E-state index in [2.05, 4.69) is 10.3 Å². The van der Waals surface area contributed by atoms with Crippen LogP contribution in [0.25, 0.3) is 0 Å². The van der Waals surface area contributed by atoms with Gasteiger partial charge >= 0.3 is 0 Å². The van der Waals surface area contributed by atoms with Gasteiger partial charge < -0.3 is 10.1 Å². The van der Waals surface area contributed by atoms with Gasteiger partial charge in [-0.25, -0.2) is 4.98 Å². The lowest BCUT2D eigenvalue weighted by Crippen LogP contribution is -2.14. The molecule has 1 N–H and O–H groups in total. The van der Waals surface area contributed by atoms with E-state index in [1.165, 1.54) is 6.92 Å². The van der Waals surface area contributed by atoms with Gasteiger partial charge in [0.05, 0.1) is 6.61 Å². The number of Topliss-reactive ketones (excluding diaryl/α,β-unsaturated/α-hetero) is 1. The average Bonchev–Trinajstić information content (AvgIpc) is 2.48. The summed E-state index contributed by atoms with van der Waals surface area (Å²) < 4.78 is 5.33. The van der Waals surface area contributed by atoms with Gasteiger partial charge in [-0.1, -0.05) is 12.1 Å². The molecule has 5 nitrogen and oxygen atoms in total. The van der Waals surface area contributed by atoms with E-state index in [4.69, 9.17) is 4.74 Å². The largest absolute Gasteiger partial charge is 0.477 e. The summed E-state index contributed by atoms with van der Waals surface area (Å²) in [5.74, 6) is -0.0880. The molecule has 21 heavy (non-hydrogen) atoms. The Balaban J connectivity index is 2.22. The van der Waals surface area contributed by atoms with E-state index < -0.39 is 0 Å². The standard InChI is InChI=1S/C16H16N2O3/c1-3-21-16-14(8-5-9-17-16)15(20)18-13-7-4-6-12(10-13)11(2)19/h4-10H,3H2,1-2H3,(H,18,20). The summed E-state index contributed by atoms with van der Waals surface area (Å²) in [6.07, 6.45) is 1.57. The van der Waals surface area contributed by atoms with Crippen LogP contribution in [0.15, 0.2) is 42.6 Å². The zero-order valence-electron chi connectivity index (χ0n) is 11.9. The Morgan fingerprint density at radius 1 is 1.24 bits per heavy atom. The van der Waals surface area contributed by atoms with Gasteiger partial charge in [0.2, 0.25) is 5.88 Å². The van der Waals surface area contributed by atoms with Crippen molar-refractivity contribution in [2.75, 3.05) is 11.9 Å². The molecule has 0 aliphatic rings. The maximum atomic E-state index is 12.3. The van der Waals surface area contributed by atoms with Gasteiger partial charge in [-0.3, -0.25) is 9.59 Å². The number of nitrogens with one attached hydrogen (secondary N) is 1. The van der Waals surface area contributed by atoms with Gasteiger partial charge in [0.1, 0.15) is 5.56 Å². The quantitative estimate of drug-likeness (QED) is 0.857. The van der Waals surface area contributed by atoms with Crippen LogP contribution in [0.5, 0.6) is 5.88 Å². The van der Waals surface area contributed by atoms with Crippen LogP contribution in [-0.2, 0) is 0 Å². The topological polar surface area (TPSA) is 68.3 Å². The number of carbonyl (C=O) groups is 2. The van der Waals surface area contributed by atoms with Crippen molar-refractivity contribution >= 4 is 17.4 Å². The highest BCUT2D eigenvalue weighted by molar-refractivity contribution is 6.06. The van der Waals surface area contributed by atoms with Crippen LogP contribution >= 0.6 is 0 Å². The third kappa shape index (κ3) is 3.66. The lowest BCUT2D eigenvalue weighted by molar-refractivity contribution is 0.100. The Kier molecular flexibility index (Phi) is 4.66. The van der Waals surface area contributed by atoms with Crippen molar-refractivity contribution in [2.24, 2.45) is 0 Å². The summed E-state index contributed by atoms with van der Waals surface area (Å²) in [5, 5.41) is 2.74. The van der Waals surface area contributed by atoms with Gasteiger partial charge in [-0.15, -0.1) is 0 Å². The number of benzene rings is 1. The number of ketones is 1. The average molecular weight is 284 g/mol. The van der Waals surface area contributed by atoms with E-state index in [1.807, 2.05) is 6.92 Å². The molecule has 0 bridgehead atoms. The van der Waals surface area contributed by atoms with Crippen molar-refractivity contribution in [1.29, 1.82) is 0 Å². The lowest BCUT2D eigenvalue weighted by Gasteiger charge is -2.09. The molecule has 108 valence electrons. The molecule has 0 unspecified atom stereocenters. The zero-order valence-corrected chi connectivity index (χ0v) is 11.9. The number of ether oxygens (including phenoxy) is 1. The second-order valence-electron chi connectivity index (χ2n) is 4.38. The Bertz CT molecular complexity index is 668. The molecule has 1 heterocycles. The lowest BCUT2D eigenvalue weighted by atomic mass is 10.1. The Labute approximate surface area is 123 Å². The predicted octanol–water partition coefficient (Wildman–Crippen LogP) is 2.94. The van der Waals surface area contributed by atoms with Crippen LogP contribution in [0, 0.1) is 0 Å². The summed E-state index contributed by atoms with van der Waals surface area (Å²) in [7, 11) is 0. The van der Waals surface area contributed by atoms with Gasteiger partial charge in [0.25, 0.3) is 5.91 Å². The van der Waals surface area contributed by atoms with E-state index in [9.17, 15) is 9.59 Å². The molecule has 1 aromatic heterocycles. The first-order valence-electron chi connectivity index (χ1n) is 6.62. The van der Waals surface area contributed by atoms with Crippen molar-refractivity contribution in [3.05, 3.63) is 53.7 Å². The number of hydrogen-bond acceptors (Lipinski definition) is 4. The summed E-state index contributed by atoms with van der Waals surface area (Å²) in [6, 6.07) is 10.1. The van der Waals surface area contributed by atoms with Gasteiger partial charge in [-0.2, -0.15) is 0 Å². The second-order valence-corrected chi connectivity index (χ2v) is 4.38. The minimum absolute atomic E-state index is 0.0533. The van der Waals surface area contributed by atoms with Crippen molar-refractivity contribution in [3.8, 4) is 5.88 Å². The third-order valence-corrected chi connectivity index (χ3v) is 2.82. The molecule has 0 radical (unpaired) electrons. The number of aromatic nitrogens is 1.